The first-order valence-corrected chi connectivity index (χ1v) is 12.7. The maximum absolute atomic E-state index is 13.9. The van der Waals surface area contributed by atoms with E-state index in [0.29, 0.717) is 17.7 Å². The van der Waals surface area contributed by atoms with Gasteiger partial charge in [-0.25, -0.2) is 8.78 Å². The Bertz CT molecular complexity index is 1370. The molecule has 0 aliphatic rings. The number of ether oxygens (including phenoxy) is 1. The molecule has 0 aliphatic heterocycles. The minimum absolute atomic E-state index is 0.0525. The molecule has 200 valence electrons. The van der Waals surface area contributed by atoms with Crippen molar-refractivity contribution in [3.8, 4) is 5.75 Å². The number of nitrogens with zero attached hydrogens (tertiary/aromatic N) is 1. The van der Waals surface area contributed by atoms with Crippen LogP contribution in [0.25, 0.3) is 10.9 Å². The third kappa shape index (κ3) is 6.96. The summed E-state index contributed by atoms with van der Waals surface area (Å²) in [6.07, 6.45) is 1.98. The molecule has 8 heteroatoms. The second-order valence-corrected chi connectivity index (χ2v) is 9.39. The SMILES string of the molecule is CCCn1ccc2ccc(C(=O)NC(Cc3cc(F)cc(F)c3)[C@H](O)CNCc3cccc(OC)c3)cc21. The van der Waals surface area contributed by atoms with Crippen molar-refractivity contribution >= 4 is 16.8 Å². The van der Waals surface area contributed by atoms with Crippen molar-refractivity contribution in [2.24, 2.45) is 0 Å². The van der Waals surface area contributed by atoms with Gasteiger partial charge in [-0.15, -0.1) is 0 Å². The number of methoxy groups -OCH3 is 1. The summed E-state index contributed by atoms with van der Waals surface area (Å²) in [5, 5.41) is 18.2. The molecule has 1 unspecified atom stereocenters. The number of benzene rings is 3. The third-order valence-electron chi connectivity index (χ3n) is 6.48. The third-order valence-corrected chi connectivity index (χ3v) is 6.48. The summed E-state index contributed by atoms with van der Waals surface area (Å²) in [4.78, 5) is 13.3. The van der Waals surface area contributed by atoms with Crippen molar-refractivity contribution in [2.75, 3.05) is 13.7 Å². The first-order valence-electron chi connectivity index (χ1n) is 12.7. The van der Waals surface area contributed by atoms with Gasteiger partial charge in [0, 0.05) is 43.0 Å². The fourth-order valence-electron chi connectivity index (χ4n) is 4.57. The van der Waals surface area contributed by atoms with E-state index in [1.54, 1.807) is 13.2 Å². The van der Waals surface area contributed by atoms with Crippen LogP contribution in [0.1, 0.15) is 34.8 Å². The van der Waals surface area contributed by atoms with E-state index in [0.717, 1.165) is 41.2 Å². The quantitative estimate of drug-likeness (QED) is 0.250. The molecule has 0 spiro atoms. The Kier molecular flexibility index (Phi) is 9.10. The van der Waals surface area contributed by atoms with Crippen LogP contribution in [0.5, 0.6) is 5.75 Å². The Balaban J connectivity index is 1.50. The summed E-state index contributed by atoms with van der Waals surface area (Å²) in [6, 6.07) is 17.4. The van der Waals surface area contributed by atoms with Crippen LogP contribution >= 0.6 is 0 Å². The van der Waals surface area contributed by atoms with Gasteiger partial charge in [-0.05, 0) is 71.8 Å². The maximum atomic E-state index is 13.9. The number of aliphatic hydroxyl groups excluding tert-OH is 1. The number of halogens is 2. The zero-order chi connectivity index (χ0) is 27.1. The average Bonchev–Trinajstić information content (AvgIpc) is 3.30. The molecule has 1 aromatic heterocycles. The van der Waals surface area contributed by atoms with Gasteiger partial charge in [0.1, 0.15) is 17.4 Å². The number of nitrogens with one attached hydrogen (secondary N) is 2. The summed E-state index contributed by atoms with van der Waals surface area (Å²) >= 11 is 0. The van der Waals surface area contributed by atoms with Gasteiger partial charge in [-0.3, -0.25) is 4.79 Å². The number of carbonyl (C=O) groups is 1. The van der Waals surface area contributed by atoms with E-state index < -0.39 is 23.8 Å². The largest absolute Gasteiger partial charge is 0.497 e. The molecule has 0 radical (unpaired) electrons. The molecule has 1 heterocycles. The predicted octanol–water partition coefficient (Wildman–Crippen LogP) is 4.83. The van der Waals surface area contributed by atoms with E-state index in [-0.39, 0.29) is 18.9 Å². The number of aliphatic hydroxyl groups is 1. The fourth-order valence-corrected chi connectivity index (χ4v) is 4.57. The van der Waals surface area contributed by atoms with Crippen LogP contribution in [-0.4, -0.2) is 41.4 Å². The van der Waals surface area contributed by atoms with Gasteiger partial charge in [0.25, 0.3) is 5.91 Å². The summed E-state index contributed by atoms with van der Waals surface area (Å²) in [6.45, 7) is 3.54. The number of amides is 1. The summed E-state index contributed by atoms with van der Waals surface area (Å²) in [7, 11) is 1.59. The number of hydrogen-bond donors (Lipinski definition) is 3. The van der Waals surface area contributed by atoms with Gasteiger partial charge in [-0.2, -0.15) is 0 Å². The van der Waals surface area contributed by atoms with Crippen LogP contribution in [0.15, 0.2) is 72.9 Å². The number of fused-ring (bicyclic) bond motifs is 1. The van der Waals surface area contributed by atoms with Gasteiger partial charge in [0.2, 0.25) is 0 Å². The minimum Gasteiger partial charge on any atom is -0.497 e. The van der Waals surface area contributed by atoms with Gasteiger partial charge in [-0.1, -0.05) is 25.1 Å². The molecule has 0 bridgehead atoms. The van der Waals surface area contributed by atoms with E-state index in [1.165, 1.54) is 12.1 Å². The molecule has 4 aromatic rings. The van der Waals surface area contributed by atoms with Gasteiger partial charge < -0.3 is 25.0 Å². The zero-order valence-corrected chi connectivity index (χ0v) is 21.6. The maximum Gasteiger partial charge on any atom is 0.251 e. The molecular weight excluding hydrogens is 488 g/mol. The van der Waals surface area contributed by atoms with E-state index in [2.05, 4.69) is 22.1 Å². The number of hydrogen-bond acceptors (Lipinski definition) is 4. The zero-order valence-electron chi connectivity index (χ0n) is 21.6. The van der Waals surface area contributed by atoms with E-state index in [1.807, 2.05) is 48.7 Å². The van der Waals surface area contributed by atoms with Crippen molar-refractivity contribution < 1.29 is 23.4 Å². The summed E-state index contributed by atoms with van der Waals surface area (Å²) in [5.74, 6) is -1.06. The van der Waals surface area contributed by atoms with Crippen LogP contribution in [-0.2, 0) is 19.5 Å². The monoisotopic (exact) mass is 521 g/mol. The van der Waals surface area contributed by atoms with Crippen molar-refractivity contribution in [2.45, 2.75) is 45.0 Å². The minimum atomic E-state index is -1.02. The van der Waals surface area contributed by atoms with Gasteiger partial charge in [0.05, 0.1) is 19.3 Å². The molecule has 4 rings (SSSR count). The average molecular weight is 522 g/mol. The van der Waals surface area contributed by atoms with Crippen molar-refractivity contribution in [1.29, 1.82) is 0 Å². The predicted molar refractivity (Wildman–Crippen MR) is 144 cm³/mol. The number of aryl methyl sites for hydroxylation is 1. The van der Waals surface area contributed by atoms with Gasteiger partial charge in [0.15, 0.2) is 0 Å². The molecule has 6 nitrogen and oxygen atoms in total. The Labute approximate surface area is 221 Å². The first kappa shape index (κ1) is 27.3. The second kappa shape index (κ2) is 12.7. The molecule has 0 aliphatic carbocycles. The molecule has 2 atom stereocenters. The molecule has 3 aromatic carbocycles. The smallest absolute Gasteiger partial charge is 0.251 e. The van der Waals surface area contributed by atoms with E-state index in [9.17, 15) is 18.7 Å². The molecule has 1 amide bonds. The van der Waals surface area contributed by atoms with Crippen LogP contribution in [0, 0.1) is 11.6 Å². The van der Waals surface area contributed by atoms with Crippen LogP contribution in [0.2, 0.25) is 0 Å². The number of aromatic nitrogens is 1. The highest BCUT2D eigenvalue weighted by Gasteiger charge is 2.23. The van der Waals surface area contributed by atoms with Crippen LogP contribution < -0.4 is 15.4 Å². The van der Waals surface area contributed by atoms with Crippen molar-refractivity contribution in [3.63, 3.8) is 0 Å². The van der Waals surface area contributed by atoms with Crippen molar-refractivity contribution in [1.82, 2.24) is 15.2 Å². The van der Waals surface area contributed by atoms with Crippen LogP contribution in [0.4, 0.5) is 8.78 Å². The number of carbonyl (C=O) groups excluding carboxylic acids is 1. The molecule has 0 fully saturated rings. The molecule has 3 N–H and O–H groups in total. The normalized spacial score (nSPS) is 12.9. The highest BCUT2D eigenvalue weighted by atomic mass is 19.1. The summed E-state index contributed by atoms with van der Waals surface area (Å²) < 4.78 is 35.1. The fraction of sp³-hybridized carbons (Fsp3) is 0.300. The first-order chi connectivity index (χ1) is 18.4. The lowest BCUT2D eigenvalue weighted by Gasteiger charge is -2.25. The molecule has 0 saturated heterocycles. The highest BCUT2D eigenvalue weighted by Crippen LogP contribution is 2.19. The number of rotatable bonds is 12. The molecule has 38 heavy (non-hydrogen) atoms. The Morgan fingerprint density at radius 2 is 1.82 bits per heavy atom. The van der Waals surface area contributed by atoms with Crippen LogP contribution in [0.3, 0.4) is 0 Å². The Hall–Kier alpha value is -3.75. The van der Waals surface area contributed by atoms with E-state index >= 15 is 0 Å². The lowest BCUT2D eigenvalue weighted by Crippen LogP contribution is -2.48. The molecule has 0 saturated carbocycles. The Morgan fingerprint density at radius 3 is 2.55 bits per heavy atom. The topological polar surface area (TPSA) is 75.5 Å². The van der Waals surface area contributed by atoms with E-state index in [4.69, 9.17) is 4.74 Å². The highest BCUT2D eigenvalue weighted by molar-refractivity contribution is 5.98. The lowest BCUT2D eigenvalue weighted by molar-refractivity contribution is 0.0830. The molecular formula is C30H33F2N3O3. The van der Waals surface area contributed by atoms with Crippen molar-refractivity contribution in [3.05, 3.63) is 101 Å². The lowest BCUT2D eigenvalue weighted by atomic mass is 10.00. The Morgan fingerprint density at radius 1 is 1.03 bits per heavy atom. The second-order valence-electron chi connectivity index (χ2n) is 9.39. The van der Waals surface area contributed by atoms with Gasteiger partial charge >= 0.3 is 0 Å². The standard InChI is InChI=1S/C30H33F2N3O3/c1-3-10-35-11-9-22-7-8-23(16-28(22)35)30(37)34-27(15-21-12-24(31)17-25(32)13-21)29(36)19-33-18-20-5-4-6-26(14-20)38-2/h4-9,11-14,16-17,27,29,33,36H,3,10,15,18-19H2,1-2H3,(H,34,37)/t27?,29-/m1/s1. The summed E-state index contributed by atoms with van der Waals surface area (Å²) in [5.41, 5.74) is 2.70.